The average Bonchev–Trinajstić information content (AvgIpc) is 2.39. The number of ketones is 1. The molecule has 2 aromatic rings. The first kappa shape index (κ1) is 11.0. The molecule has 0 radical (unpaired) electrons. The zero-order valence-electron chi connectivity index (χ0n) is 9.34. The van der Waals surface area contributed by atoms with Gasteiger partial charge >= 0.3 is 0 Å². The molecule has 0 unspecified atom stereocenters. The molecular formula is C14H10N2O. The summed E-state index contributed by atoms with van der Waals surface area (Å²) in [5.41, 5.74) is 3.02. The molecule has 17 heavy (non-hydrogen) atoms. The summed E-state index contributed by atoms with van der Waals surface area (Å²) >= 11 is 0. The zero-order valence-corrected chi connectivity index (χ0v) is 9.34. The Kier molecular flexibility index (Phi) is 2.97. The van der Waals surface area contributed by atoms with Crippen LogP contribution in [0.4, 0.5) is 0 Å². The molecule has 3 nitrogen and oxygen atoms in total. The second-order valence-corrected chi connectivity index (χ2v) is 3.71. The lowest BCUT2D eigenvalue weighted by Gasteiger charge is -2.02. The van der Waals surface area contributed by atoms with Crippen LogP contribution in [0.25, 0.3) is 11.1 Å². The van der Waals surface area contributed by atoms with E-state index >= 15 is 0 Å². The van der Waals surface area contributed by atoms with Gasteiger partial charge in [0.05, 0.1) is 5.56 Å². The summed E-state index contributed by atoms with van der Waals surface area (Å²) < 4.78 is 0. The summed E-state index contributed by atoms with van der Waals surface area (Å²) in [6.07, 6.45) is 3.22. The van der Waals surface area contributed by atoms with Crippen LogP contribution >= 0.6 is 0 Å². The number of benzene rings is 1. The normalized spacial score (nSPS) is 9.65. The molecule has 1 heterocycles. The fourth-order valence-electron chi connectivity index (χ4n) is 1.56. The summed E-state index contributed by atoms with van der Waals surface area (Å²) in [6.45, 7) is 1.53. The van der Waals surface area contributed by atoms with E-state index in [1.165, 1.54) is 13.1 Å². The van der Waals surface area contributed by atoms with Crippen molar-refractivity contribution in [3.05, 3.63) is 53.9 Å². The van der Waals surface area contributed by atoms with Gasteiger partial charge in [-0.1, -0.05) is 24.3 Å². The van der Waals surface area contributed by atoms with Gasteiger partial charge in [0.25, 0.3) is 0 Å². The van der Waals surface area contributed by atoms with E-state index in [0.717, 1.165) is 11.1 Å². The molecule has 1 aromatic carbocycles. The Bertz CT molecular complexity index is 594. The van der Waals surface area contributed by atoms with Gasteiger partial charge in [-0.3, -0.25) is 9.78 Å². The Labute approximate surface area is 99.4 Å². The smallest absolute Gasteiger partial charge is 0.159 e. The molecule has 0 aliphatic rings. The Morgan fingerprint density at radius 2 is 1.88 bits per heavy atom. The fraction of sp³-hybridized carbons (Fsp3) is 0.0714. The Morgan fingerprint density at radius 1 is 1.18 bits per heavy atom. The molecule has 0 spiro atoms. The van der Waals surface area contributed by atoms with Crippen molar-refractivity contribution in [3.63, 3.8) is 0 Å². The summed E-state index contributed by atoms with van der Waals surface area (Å²) in [5.74, 6) is 0.0421. The number of nitriles is 1. The number of nitrogens with zero attached hydrogens (tertiary/aromatic N) is 2. The van der Waals surface area contributed by atoms with E-state index in [0.29, 0.717) is 11.1 Å². The second-order valence-electron chi connectivity index (χ2n) is 3.71. The lowest BCUT2D eigenvalue weighted by Crippen LogP contribution is -1.91. The minimum absolute atomic E-state index is 0.0421. The van der Waals surface area contributed by atoms with Gasteiger partial charge in [-0.15, -0.1) is 0 Å². The van der Waals surface area contributed by atoms with Crippen molar-refractivity contribution in [2.75, 3.05) is 0 Å². The predicted octanol–water partition coefficient (Wildman–Crippen LogP) is 2.82. The van der Waals surface area contributed by atoms with Gasteiger partial charge < -0.3 is 0 Å². The summed E-state index contributed by atoms with van der Waals surface area (Å²) in [4.78, 5) is 15.1. The summed E-state index contributed by atoms with van der Waals surface area (Å²) in [5, 5.41) is 8.79. The van der Waals surface area contributed by atoms with Crippen LogP contribution in [0.5, 0.6) is 0 Å². The van der Waals surface area contributed by atoms with Crippen molar-refractivity contribution in [2.45, 2.75) is 6.92 Å². The van der Waals surface area contributed by atoms with Crippen LogP contribution in [0.2, 0.25) is 0 Å². The van der Waals surface area contributed by atoms with Gasteiger partial charge in [-0.25, -0.2) is 0 Å². The molecule has 0 saturated heterocycles. The van der Waals surface area contributed by atoms with Crippen molar-refractivity contribution in [2.24, 2.45) is 0 Å². The molecule has 3 heteroatoms. The third-order valence-corrected chi connectivity index (χ3v) is 2.49. The minimum Gasteiger partial charge on any atom is -0.295 e. The SMILES string of the molecule is CC(=O)c1ccc(-c2cncc(C#N)c2)cc1. The molecule has 0 bridgehead atoms. The largest absolute Gasteiger partial charge is 0.295 e. The van der Waals surface area contributed by atoms with E-state index in [2.05, 4.69) is 11.1 Å². The molecule has 0 amide bonds. The number of hydrogen-bond donors (Lipinski definition) is 0. The van der Waals surface area contributed by atoms with E-state index in [-0.39, 0.29) is 5.78 Å². The number of hydrogen-bond acceptors (Lipinski definition) is 3. The van der Waals surface area contributed by atoms with E-state index in [9.17, 15) is 4.79 Å². The minimum atomic E-state index is 0.0421. The Morgan fingerprint density at radius 3 is 2.47 bits per heavy atom. The maximum Gasteiger partial charge on any atom is 0.159 e. The van der Waals surface area contributed by atoms with Gasteiger partial charge in [0.1, 0.15) is 6.07 Å². The van der Waals surface area contributed by atoms with Crippen molar-refractivity contribution in [1.82, 2.24) is 4.98 Å². The zero-order chi connectivity index (χ0) is 12.3. The van der Waals surface area contributed by atoms with Crippen LogP contribution in [0.15, 0.2) is 42.7 Å². The second kappa shape index (κ2) is 4.58. The van der Waals surface area contributed by atoms with Gasteiger partial charge in [0, 0.05) is 23.5 Å². The standard InChI is InChI=1S/C14H10N2O/c1-10(17)12-2-4-13(5-3-12)14-6-11(7-15)8-16-9-14/h2-6,8-9H,1H3. The Balaban J connectivity index is 2.40. The third kappa shape index (κ3) is 2.37. The maximum absolute atomic E-state index is 11.1. The number of aromatic nitrogens is 1. The van der Waals surface area contributed by atoms with Crippen LogP contribution in [-0.4, -0.2) is 10.8 Å². The highest BCUT2D eigenvalue weighted by Crippen LogP contribution is 2.19. The predicted molar refractivity (Wildman–Crippen MR) is 64.4 cm³/mol. The van der Waals surface area contributed by atoms with E-state index in [1.54, 1.807) is 24.4 Å². The number of carbonyl (C=O) groups is 1. The summed E-state index contributed by atoms with van der Waals surface area (Å²) in [6, 6.07) is 11.1. The van der Waals surface area contributed by atoms with Crippen LogP contribution in [-0.2, 0) is 0 Å². The highest BCUT2D eigenvalue weighted by atomic mass is 16.1. The highest BCUT2D eigenvalue weighted by molar-refractivity contribution is 5.94. The van der Waals surface area contributed by atoms with Crippen LogP contribution < -0.4 is 0 Å². The van der Waals surface area contributed by atoms with E-state index in [1.807, 2.05) is 12.1 Å². The third-order valence-electron chi connectivity index (χ3n) is 2.49. The van der Waals surface area contributed by atoms with Crippen molar-refractivity contribution < 1.29 is 4.79 Å². The highest BCUT2D eigenvalue weighted by Gasteiger charge is 2.02. The first-order valence-corrected chi connectivity index (χ1v) is 5.17. The fourth-order valence-corrected chi connectivity index (χ4v) is 1.56. The maximum atomic E-state index is 11.1. The molecule has 0 fully saturated rings. The van der Waals surface area contributed by atoms with Crippen LogP contribution in [0.1, 0.15) is 22.8 Å². The summed E-state index contributed by atoms with van der Waals surface area (Å²) in [7, 11) is 0. The topological polar surface area (TPSA) is 53.8 Å². The van der Waals surface area contributed by atoms with Crippen molar-refractivity contribution in [3.8, 4) is 17.2 Å². The van der Waals surface area contributed by atoms with Crippen molar-refractivity contribution in [1.29, 1.82) is 5.26 Å². The number of pyridine rings is 1. The van der Waals surface area contributed by atoms with Crippen LogP contribution in [0, 0.1) is 11.3 Å². The van der Waals surface area contributed by atoms with Gasteiger partial charge in [-0.05, 0) is 18.6 Å². The first-order valence-electron chi connectivity index (χ1n) is 5.17. The molecule has 0 aliphatic carbocycles. The van der Waals surface area contributed by atoms with Crippen molar-refractivity contribution >= 4 is 5.78 Å². The molecule has 0 atom stereocenters. The number of Topliss-reactive ketones (excluding diaryl/α,β-unsaturated/α-hetero) is 1. The Hall–Kier alpha value is -2.47. The number of rotatable bonds is 2. The molecule has 0 saturated carbocycles. The lowest BCUT2D eigenvalue weighted by molar-refractivity contribution is 0.101. The first-order chi connectivity index (χ1) is 8.20. The van der Waals surface area contributed by atoms with E-state index in [4.69, 9.17) is 5.26 Å². The molecule has 82 valence electrons. The molecule has 2 rings (SSSR count). The molecular weight excluding hydrogens is 212 g/mol. The van der Waals surface area contributed by atoms with Gasteiger partial charge in [-0.2, -0.15) is 5.26 Å². The molecule has 0 aliphatic heterocycles. The number of carbonyl (C=O) groups excluding carboxylic acids is 1. The lowest BCUT2D eigenvalue weighted by atomic mass is 10.0. The quantitative estimate of drug-likeness (QED) is 0.734. The van der Waals surface area contributed by atoms with Gasteiger partial charge in [0.15, 0.2) is 5.78 Å². The molecule has 0 N–H and O–H groups in total. The monoisotopic (exact) mass is 222 g/mol. The van der Waals surface area contributed by atoms with Gasteiger partial charge in [0.2, 0.25) is 0 Å². The van der Waals surface area contributed by atoms with Crippen LogP contribution in [0.3, 0.4) is 0 Å². The average molecular weight is 222 g/mol. The molecule has 1 aromatic heterocycles. The van der Waals surface area contributed by atoms with E-state index < -0.39 is 0 Å².